The number of nitrogens with zero attached hydrogens (tertiary/aromatic N) is 3. The van der Waals surface area contributed by atoms with Crippen LogP contribution in [-0.4, -0.2) is 82.1 Å². The molecular formula is C22H36N4O3S. The van der Waals surface area contributed by atoms with Gasteiger partial charge in [0, 0.05) is 51.5 Å². The summed E-state index contributed by atoms with van der Waals surface area (Å²) < 4.78 is 24.8. The first-order chi connectivity index (χ1) is 14.3. The van der Waals surface area contributed by atoms with E-state index in [0.29, 0.717) is 19.6 Å². The summed E-state index contributed by atoms with van der Waals surface area (Å²) in [5.74, 6) is -0.224. The molecule has 8 heteroatoms. The number of piperazine rings is 1. The molecule has 168 valence electrons. The molecule has 0 spiro atoms. The second kappa shape index (κ2) is 10.6. The van der Waals surface area contributed by atoms with Crippen LogP contribution in [0.15, 0.2) is 24.3 Å². The van der Waals surface area contributed by atoms with E-state index in [2.05, 4.69) is 46.3 Å². The van der Waals surface area contributed by atoms with Gasteiger partial charge in [-0.2, -0.15) is 0 Å². The molecule has 2 heterocycles. The number of unbranched alkanes of at least 4 members (excludes halogenated alkanes) is 1. The lowest BCUT2D eigenvalue weighted by atomic mass is 9.99. The third kappa shape index (κ3) is 6.68. The molecule has 1 aromatic carbocycles. The van der Waals surface area contributed by atoms with Crippen molar-refractivity contribution in [3.63, 3.8) is 0 Å². The molecule has 0 aliphatic carbocycles. The maximum atomic E-state index is 12.4. The molecule has 30 heavy (non-hydrogen) atoms. The van der Waals surface area contributed by atoms with E-state index in [-0.39, 0.29) is 11.8 Å². The molecule has 2 saturated heterocycles. The van der Waals surface area contributed by atoms with Crippen LogP contribution in [0, 0.1) is 12.8 Å². The second-order valence-electron chi connectivity index (χ2n) is 8.63. The Morgan fingerprint density at radius 3 is 2.60 bits per heavy atom. The summed E-state index contributed by atoms with van der Waals surface area (Å²) in [6.45, 7) is 8.95. The molecule has 1 N–H and O–H groups in total. The number of amides is 1. The number of carbonyl (C=O) groups is 1. The van der Waals surface area contributed by atoms with E-state index in [1.54, 1.807) is 0 Å². The molecule has 2 aliphatic rings. The first-order valence-electron chi connectivity index (χ1n) is 11.1. The first-order valence-corrected chi connectivity index (χ1v) is 12.9. The van der Waals surface area contributed by atoms with Gasteiger partial charge in [0.25, 0.3) is 0 Å². The van der Waals surface area contributed by atoms with Crippen LogP contribution in [-0.2, 0) is 14.8 Å². The number of anilines is 1. The number of hydrogen-bond acceptors (Lipinski definition) is 5. The molecule has 1 unspecified atom stereocenters. The molecule has 1 amide bonds. The molecule has 2 fully saturated rings. The van der Waals surface area contributed by atoms with E-state index in [1.165, 1.54) is 21.8 Å². The summed E-state index contributed by atoms with van der Waals surface area (Å²) in [7, 11) is -3.21. The summed E-state index contributed by atoms with van der Waals surface area (Å²) in [4.78, 5) is 17.3. The lowest BCUT2D eigenvalue weighted by Gasteiger charge is -2.36. The lowest BCUT2D eigenvalue weighted by Crippen LogP contribution is -2.47. The standard InChI is InChI=1S/C22H36N4O3S/c1-19-7-5-9-21(17-19)25-15-13-24(14-16-25)11-4-3-10-23-22(27)20-8-6-12-26(18-20)30(2,28)29/h5,7,9,17,20H,3-4,6,8,10-16,18H2,1-2H3,(H,23,27). The van der Waals surface area contributed by atoms with Crippen LogP contribution in [0.1, 0.15) is 31.2 Å². The lowest BCUT2D eigenvalue weighted by molar-refractivity contribution is -0.126. The van der Waals surface area contributed by atoms with Crippen molar-refractivity contribution in [2.24, 2.45) is 5.92 Å². The molecule has 3 rings (SSSR count). The van der Waals surface area contributed by atoms with Crippen LogP contribution in [0.2, 0.25) is 0 Å². The molecule has 0 radical (unpaired) electrons. The number of sulfonamides is 1. The van der Waals surface area contributed by atoms with E-state index in [9.17, 15) is 13.2 Å². The van der Waals surface area contributed by atoms with E-state index in [0.717, 1.165) is 58.4 Å². The fraction of sp³-hybridized carbons (Fsp3) is 0.682. The molecule has 2 aliphatic heterocycles. The van der Waals surface area contributed by atoms with Crippen LogP contribution in [0.3, 0.4) is 0 Å². The minimum atomic E-state index is -3.21. The van der Waals surface area contributed by atoms with Crippen LogP contribution in [0.25, 0.3) is 0 Å². The summed E-state index contributed by atoms with van der Waals surface area (Å²) in [5.41, 5.74) is 2.61. The number of aryl methyl sites for hydroxylation is 1. The monoisotopic (exact) mass is 436 g/mol. The van der Waals surface area contributed by atoms with E-state index in [1.807, 2.05) is 0 Å². The van der Waals surface area contributed by atoms with Gasteiger partial charge in [0.1, 0.15) is 0 Å². The van der Waals surface area contributed by atoms with Gasteiger partial charge in [0.05, 0.1) is 12.2 Å². The Morgan fingerprint density at radius 2 is 1.90 bits per heavy atom. The van der Waals surface area contributed by atoms with Gasteiger partial charge < -0.3 is 10.2 Å². The van der Waals surface area contributed by atoms with Crippen molar-refractivity contribution in [2.75, 3.05) is 63.5 Å². The van der Waals surface area contributed by atoms with Crippen molar-refractivity contribution < 1.29 is 13.2 Å². The zero-order valence-corrected chi connectivity index (χ0v) is 19.2. The van der Waals surface area contributed by atoms with Crippen molar-refractivity contribution in [2.45, 2.75) is 32.6 Å². The summed E-state index contributed by atoms with van der Waals surface area (Å²) in [5, 5.41) is 3.01. The smallest absolute Gasteiger partial charge is 0.224 e. The molecule has 0 bridgehead atoms. The summed E-state index contributed by atoms with van der Waals surface area (Å²) in [6.07, 6.45) is 4.74. The fourth-order valence-corrected chi connectivity index (χ4v) is 5.24. The van der Waals surface area contributed by atoms with E-state index in [4.69, 9.17) is 0 Å². The van der Waals surface area contributed by atoms with Crippen LogP contribution in [0.4, 0.5) is 5.69 Å². The summed E-state index contributed by atoms with van der Waals surface area (Å²) >= 11 is 0. The van der Waals surface area contributed by atoms with Gasteiger partial charge in [0.2, 0.25) is 15.9 Å². The van der Waals surface area contributed by atoms with Crippen molar-refractivity contribution in [1.29, 1.82) is 0 Å². The molecule has 0 aromatic heterocycles. The van der Waals surface area contributed by atoms with Crippen molar-refractivity contribution in [3.05, 3.63) is 29.8 Å². The van der Waals surface area contributed by atoms with Gasteiger partial charge >= 0.3 is 0 Å². The maximum Gasteiger partial charge on any atom is 0.224 e. The van der Waals surface area contributed by atoms with Gasteiger partial charge in [0.15, 0.2) is 0 Å². The number of nitrogens with one attached hydrogen (secondary N) is 1. The number of benzene rings is 1. The van der Waals surface area contributed by atoms with E-state index >= 15 is 0 Å². The van der Waals surface area contributed by atoms with Crippen molar-refractivity contribution in [3.8, 4) is 0 Å². The largest absolute Gasteiger partial charge is 0.369 e. The highest BCUT2D eigenvalue weighted by atomic mass is 32.2. The molecule has 1 atom stereocenters. The zero-order chi connectivity index (χ0) is 21.6. The Hall–Kier alpha value is -1.64. The highest BCUT2D eigenvalue weighted by Gasteiger charge is 2.29. The number of hydrogen-bond donors (Lipinski definition) is 1. The predicted molar refractivity (Wildman–Crippen MR) is 121 cm³/mol. The topological polar surface area (TPSA) is 73.0 Å². The van der Waals surface area contributed by atoms with E-state index < -0.39 is 10.0 Å². The maximum absolute atomic E-state index is 12.4. The average Bonchev–Trinajstić information content (AvgIpc) is 2.73. The third-order valence-electron chi connectivity index (χ3n) is 6.16. The highest BCUT2D eigenvalue weighted by Crippen LogP contribution is 2.19. The fourth-order valence-electron chi connectivity index (χ4n) is 4.33. The Morgan fingerprint density at radius 1 is 1.13 bits per heavy atom. The van der Waals surface area contributed by atoms with Crippen LogP contribution < -0.4 is 10.2 Å². The van der Waals surface area contributed by atoms with Crippen molar-refractivity contribution in [1.82, 2.24) is 14.5 Å². The molecule has 7 nitrogen and oxygen atoms in total. The Labute approximate surface area is 181 Å². The third-order valence-corrected chi connectivity index (χ3v) is 7.43. The van der Waals surface area contributed by atoms with Gasteiger partial charge in [-0.05, 0) is 56.8 Å². The quantitative estimate of drug-likeness (QED) is 0.628. The van der Waals surface area contributed by atoms with Crippen LogP contribution >= 0.6 is 0 Å². The van der Waals surface area contributed by atoms with Gasteiger partial charge in [-0.15, -0.1) is 0 Å². The predicted octanol–water partition coefficient (Wildman–Crippen LogP) is 1.69. The normalized spacial score (nSPS) is 21.5. The Kier molecular flexibility index (Phi) is 8.13. The van der Waals surface area contributed by atoms with Gasteiger partial charge in [-0.1, -0.05) is 12.1 Å². The average molecular weight is 437 g/mol. The van der Waals surface area contributed by atoms with Crippen LogP contribution in [0.5, 0.6) is 0 Å². The van der Waals surface area contributed by atoms with Gasteiger partial charge in [-0.3, -0.25) is 9.69 Å². The second-order valence-corrected chi connectivity index (χ2v) is 10.6. The SMILES string of the molecule is Cc1cccc(N2CCN(CCCCNC(=O)C3CCCN(S(C)(=O)=O)C3)CC2)c1. The minimum absolute atomic E-state index is 0.00452. The molecular weight excluding hydrogens is 400 g/mol. The number of piperidine rings is 1. The highest BCUT2D eigenvalue weighted by molar-refractivity contribution is 7.88. The summed E-state index contributed by atoms with van der Waals surface area (Å²) in [6, 6.07) is 8.69. The number of carbonyl (C=O) groups excluding carboxylic acids is 1. The Bertz CT molecular complexity index is 806. The first kappa shape index (κ1) is 23.0. The molecule has 1 aromatic rings. The van der Waals surface area contributed by atoms with Gasteiger partial charge in [-0.25, -0.2) is 12.7 Å². The zero-order valence-electron chi connectivity index (χ0n) is 18.3. The number of rotatable bonds is 8. The molecule has 0 saturated carbocycles. The Balaban J connectivity index is 1.29. The minimum Gasteiger partial charge on any atom is -0.369 e. The van der Waals surface area contributed by atoms with Crippen molar-refractivity contribution >= 4 is 21.6 Å².